The zero-order valence-corrected chi connectivity index (χ0v) is 17.4. The van der Waals surface area contributed by atoms with E-state index in [4.69, 9.17) is 0 Å². The summed E-state index contributed by atoms with van der Waals surface area (Å²) in [5, 5.41) is 32.8. The number of hydrogen-bond acceptors (Lipinski definition) is 6. The summed E-state index contributed by atoms with van der Waals surface area (Å²) in [6, 6.07) is 17.5. The molecule has 160 valence electrons. The lowest BCUT2D eigenvalue weighted by Gasteiger charge is -2.33. The molecule has 0 aliphatic carbocycles. The zero-order valence-electron chi connectivity index (χ0n) is 17.4. The van der Waals surface area contributed by atoms with Gasteiger partial charge in [0.1, 0.15) is 6.42 Å². The minimum Gasteiger partial charge on any atom is -0.365 e. The van der Waals surface area contributed by atoms with Crippen LogP contribution in [-0.4, -0.2) is 43.5 Å². The molecule has 2 aliphatic heterocycles. The van der Waals surface area contributed by atoms with Crippen LogP contribution in [-0.2, 0) is 21.0 Å². The first-order valence-electron chi connectivity index (χ1n) is 10.0. The van der Waals surface area contributed by atoms with Crippen molar-refractivity contribution < 1.29 is 19.8 Å². The van der Waals surface area contributed by atoms with E-state index >= 15 is 0 Å². The minimum atomic E-state index is -1.66. The van der Waals surface area contributed by atoms with E-state index in [0.29, 0.717) is 22.6 Å². The molecule has 0 saturated heterocycles. The Kier molecular flexibility index (Phi) is 5.20. The Hall–Kier alpha value is -3.36. The molecule has 2 aromatic rings. The van der Waals surface area contributed by atoms with E-state index in [1.54, 1.807) is 62.4 Å². The van der Waals surface area contributed by atoms with Gasteiger partial charge in [0, 0.05) is 35.4 Å². The third-order valence-electron chi connectivity index (χ3n) is 5.49. The molecule has 0 spiro atoms. The molecule has 8 nitrogen and oxygen atoms in total. The van der Waals surface area contributed by atoms with Gasteiger partial charge in [0.15, 0.2) is 11.4 Å². The lowest BCUT2D eigenvalue weighted by molar-refractivity contribution is -0.167. The van der Waals surface area contributed by atoms with E-state index in [1.165, 1.54) is 0 Å². The predicted molar refractivity (Wildman–Crippen MR) is 114 cm³/mol. The molecule has 2 aliphatic rings. The van der Waals surface area contributed by atoms with Crippen LogP contribution in [0.25, 0.3) is 0 Å². The van der Waals surface area contributed by atoms with E-state index in [2.05, 4.69) is 10.2 Å². The van der Waals surface area contributed by atoms with Crippen LogP contribution in [0.2, 0.25) is 0 Å². The highest BCUT2D eigenvalue weighted by Crippen LogP contribution is 2.38. The van der Waals surface area contributed by atoms with Gasteiger partial charge in [-0.1, -0.05) is 60.7 Å². The summed E-state index contributed by atoms with van der Waals surface area (Å²) in [7, 11) is 0. The molecule has 2 N–H and O–H groups in total. The average Bonchev–Trinajstić information content (AvgIpc) is 3.25. The Morgan fingerprint density at radius 1 is 0.774 bits per heavy atom. The molecule has 0 radical (unpaired) electrons. The number of benzene rings is 2. The highest BCUT2D eigenvalue weighted by atomic mass is 16.3. The van der Waals surface area contributed by atoms with Crippen molar-refractivity contribution in [2.45, 2.75) is 44.6 Å². The number of carbonyl (C=O) groups excluding carboxylic acids is 2. The van der Waals surface area contributed by atoms with Crippen molar-refractivity contribution in [3.63, 3.8) is 0 Å². The van der Waals surface area contributed by atoms with Crippen LogP contribution in [0.1, 0.15) is 44.2 Å². The van der Waals surface area contributed by atoms with Gasteiger partial charge in [0.2, 0.25) is 0 Å². The fourth-order valence-electron chi connectivity index (χ4n) is 4.10. The Morgan fingerprint density at radius 3 is 1.48 bits per heavy atom. The maximum Gasteiger partial charge on any atom is 0.255 e. The third kappa shape index (κ3) is 3.64. The molecule has 8 heteroatoms. The van der Waals surface area contributed by atoms with Crippen molar-refractivity contribution in [3.8, 4) is 0 Å². The molecule has 2 heterocycles. The molecular weight excluding hydrogens is 396 g/mol. The molecule has 2 atom stereocenters. The molecule has 2 aromatic carbocycles. The van der Waals surface area contributed by atoms with Crippen LogP contribution >= 0.6 is 0 Å². The SMILES string of the molecule is CC1=NN(C(=O)CC(=O)N2N=C(C)CC2(O)c2ccccc2)C(O)(c2ccccc2)C1. The monoisotopic (exact) mass is 420 g/mol. The third-order valence-corrected chi connectivity index (χ3v) is 5.49. The van der Waals surface area contributed by atoms with Crippen molar-refractivity contribution in [1.82, 2.24) is 10.0 Å². The first-order valence-corrected chi connectivity index (χ1v) is 10.0. The molecular formula is C23H24N4O4. The second kappa shape index (κ2) is 7.72. The Balaban J connectivity index is 1.58. The van der Waals surface area contributed by atoms with Gasteiger partial charge in [-0.2, -0.15) is 20.2 Å². The number of carbonyl (C=O) groups is 2. The molecule has 0 saturated carbocycles. The first kappa shape index (κ1) is 20.9. The van der Waals surface area contributed by atoms with E-state index in [1.807, 2.05) is 12.1 Å². The molecule has 2 amide bonds. The van der Waals surface area contributed by atoms with Crippen LogP contribution in [0.15, 0.2) is 70.9 Å². The number of hydrogen-bond donors (Lipinski definition) is 2. The predicted octanol–water partition coefficient (Wildman–Crippen LogP) is 2.28. The second-order valence-electron chi connectivity index (χ2n) is 7.98. The smallest absolute Gasteiger partial charge is 0.255 e. The van der Waals surface area contributed by atoms with Gasteiger partial charge in [-0.25, -0.2) is 0 Å². The average molecular weight is 420 g/mol. The van der Waals surface area contributed by atoms with Gasteiger partial charge in [-0.05, 0) is 13.8 Å². The van der Waals surface area contributed by atoms with Gasteiger partial charge in [-0.3, -0.25) is 9.59 Å². The Labute approximate surface area is 180 Å². The molecule has 0 aromatic heterocycles. The highest BCUT2D eigenvalue weighted by Gasteiger charge is 2.48. The lowest BCUT2D eigenvalue weighted by atomic mass is 9.97. The fraction of sp³-hybridized carbons (Fsp3) is 0.304. The van der Waals surface area contributed by atoms with E-state index < -0.39 is 29.7 Å². The Bertz CT molecular complexity index is 984. The van der Waals surface area contributed by atoms with E-state index in [9.17, 15) is 19.8 Å². The Morgan fingerprint density at radius 2 is 1.13 bits per heavy atom. The van der Waals surface area contributed by atoms with Crippen LogP contribution in [0, 0.1) is 0 Å². The molecule has 0 bridgehead atoms. The van der Waals surface area contributed by atoms with Crippen molar-refractivity contribution in [1.29, 1.82) is 0 Å². The van der Waals surface area contributed by atoms with Crippen LogP contribution < -0.4 is 0 Å². The second-order valence-corrected chi connectivity index (χ2v) is 7.98. The summed E-state index contributed by atoms with van der Waals surface area (Å²) < 4.78 is 0. The highest BCUT2D eigenvalue weighted by molar-refractivity contribution is 6.00. The lowest BCUT2D eigenvalue weighted by Crippen LogP contribution is -2.47. The van der Waals surface area contributed by atoms with Crippen molar-refractivity contribution in [2.75, 3.05) is 0 Å². The summed E-state index contributed by atoms with van der Waals surface area (Å²) >= 11 is 0. The summed E-state index contributed by atoms with van der Waals surface area (Å²) in [6.45, 7) is 3.43. The first-order chi connectivity index (χ1) is 14.7. The molecule has 31 heavy (non-hydrogen) atoms. The maximum atomic E-state index is 13.1. The van der Waals surface area contributed by atoms with Crippen LogP contribution in [0.5, 0.6) is 0 Å². The number of aliphatic hydroxyl groups is 2. The minimum absolute atomic E-state index is 0.145. The number of amides is 2. The molecule has 2 unspecified atom stereocenters. The van der Waals surface area contributed by atoms with Gasteiger partial charge in [0.05, 0.1) is 0 Å². The standard InChI is InChI=1S/C23H24N4O4/c1-16-14-22(30,18-9-5-3-6-10-18)26(24-16)20(28)13-21(29)27-23(31,15-17(2)25-27)19-11-7-4-8-12-19/h3-12,30-31H,13-15H2,1-2H3. The number of hydrazone groups is 2. The molecule has 0 fully saturated rings. The summed E-state index contributed by atoms with van der Waals surface area (Å²) in [6.07, 6.45) is -0.310. The fourth-order valence-corrected chi connectivity index (χ4v) is 4.10. The topological polar surface area (TPSA) is 106 Å². The molecule has 4 rings (SSSR count). The number of rotatable bonds is 4. The van der Waals surface area contributed by atoms with E-state index in [-0.39, 0.29) is 12.8 Å². The van der Waals surface area contributed by atoms with Crippen molar-refractivity contribution in [2.24, 2.45) is 10.2 Å². The summed E-state index contributed by atoms with van der Waals surface area (Å²) in [4.78, 5) is 26.1. The maximum absolute atomic E-state index is 13.1. The largest absolute Gasteiger partial charge is 0.365 e. The normalized spacial score (nSPS) is 25.4. The summed E-state index contributed by atoms with van der Waals surface area (Å²) in [5.74, 6) is -1.35. The van der Waals surface area contributed by atoms with E-state index in [0.717, 1.165) is 10.0 Å². The van der Waals surface area contributed by atoms with Gasteiger partial charge in [0.25, 0.3) is 11.8 Å². The van der Waals surface area contributed by atoms with Crippen molar-refractivity contribution in [3.05, 3.63) is 71.8 Å². The quantitative estimate of drug-likeness (QED) is 0.740. The zero-order chi connectivity index (χ0) is 22.2. The van der Waals surface area contributed by atoms with Crippen molar-refractivity contribution >= 4 is 23.2 Å². The van der Waals surface area contributed by atoms with Gasteiger partial charge in [-0.15, -0.1) is 0 Å². The number of nitrogens with zero attached hydrogens (tertiary/aromatic N) is 4. The van der Waals surface area contributed by atoms with Crippen LogP contribution in [0.3, 0.4) is 0 Å². The van der Waals surface area contributed by atoms with Gasteiger partial charge < -0.3 is 10.2 Å². The van der Waals surface area contributed by atoms with Gasteiger partial charge >= 0.3 is 0 Å². The summed E-state index contributed by atoms with van der Waals surface area (Å²) in [5.41, 5.74) is -1.17. The van der Waals surface area contributed by atoms with Crippen LogP contribution in [0.4, 0.5) is 0 Å².